The SMILES string of the molecule is C=CCn1c(SCC)nc2c(c1=O)C1(CCNCC1)Cc1cc(OC)ccc1-2. The summed E-state index contributed by atoms with van der Waals surface area (Å²) in [6.07, 6.45) is 4.54. The number of nitrogens with zero attached hydrogens (tertiary/aromatic N) is 2. The Labute approximate surface area is 170 Å². The number of benzene rings is 1. The Bertz CT molecular complexity index is 961. The van der Waals surface area contributed by atoms with E-state index in [-0.39, 0.29) is 11.0 Å². The maximum absolute atomic E-state index is 13.7. The number of aromatic nitrogens is 2. The molecule has 1 aliphatic carbocycles. The summed E-state index contributed by atoms with van der Waals surface area (Å²) in [4.78, 5) is 18.8. The molecule has 0 radical (unpaired) electrons. The van der Waals surface area contributed by atoms with Crippen LogP contribution in [0.15, 0.2) is 40.8 Å². The number of methoxy groups -OCH3 is 1. The second kappa shape index (κ2) is 7.76. The van der Waals surface area contributed by atoms with E-state index in [1.54, 1.807) is 29.5 Å². The van der Waals surface area contributed by atoms with Gasteiger partial charge in [-0.25, -0.2) is 4.98 Å². The minimum absolute atomic E-state index is 0.101. The predicted molar refractivity (Wildman–Crippen MR) is 115 cm³/mol. The van der Waals surface area contributed by atoms with Gasteiger partial charge >= 0.3 is 0 Å². The molecule has 1 saturated heterocycles. The molecule has 1 aromatic carbocycles. The first-order valence-corrected chi connectivity index (χ1v) is 10.9. The van der Waals surface area contributed by atoms with Gasteiger partial charge in [0.15, 0.2) is 5.16 Å². The highest BCUT2D eigenvalue weighted by Gasteiger charge is 2.43. The maximum atomic E-state index is 13.7. The first-order valence-electron chi connectivity index (χ1n) is 9.90. The van der Waals surface area contributed by atoms with E-state index in [0.29, 0.717) is 6.54 Å². The fraction of sp³-hybridized carbons (Fsp3) is 0.455. The van der Waals surface area contributed by atoms with Crippen molar-refractivity contribution in [2.45, 2.75) is 43.3 Å². The van der Waals surface area contributed by atoms with Gasteiger partial charge in [0.05, 0.1) is 18.4 Å². The van der Waals surface area contributed by atoms with Crippen LogP contribution in [0.25, 0.3) is 11.3 Å². The zero-order valence-electron chi connectivity index (χ0n) is 16.6. The average molecular weight is 398 g/mol. The number of thioether (sulfide) groups is 1. The molecule has 6 heteroatoms. The highest BCUT2D eigenvalue weighted by atomic mass is 32.2. The fourth-order valence-electron chi connectivity index (χ4n) is 4.60. The van der Waals surface area contributed by atoms with Crippen LogP contribution < -0.4 is 15.6 Å². The molecule has 5 nitrogen and oxygen atoms in total. The molecule has 1 aromatic heterocycles. The van der Waals surface area contributed by atoms with Crippen molar-refractivity contribution in [2.75, 3.05) is 26.0 Å². The summed E-state index contributed by atoms with van der Waals surface area (Å²) in [5.41, 5.74) is 4.00. The summed E-state index contributed by atoms with van der Waals surface area (Å²) in [5, 5.41) is 4.23. The van der Waals surface area contributed by atoms with E-state index in [2.05, 4.69) is 31.0 Å². The molecule has 0 saturated carbocycles. The second-order valence-electron chi connectivity index (χ2n) is 7.49. The normalized spacial score (nSPS) is 17.1. The van der Waals surface area contributed by atoms with Crippen molar-refractivity contribution >= 4 is 11.8 Å². The third-order valence-electron chi connectivity index (χ3n) is 5.91. The number of hydrogen-bond acceptors (Lipinski definition) is 5. The van der Waals surface area contributed by atoms with Crippen LogP contribution in [0, 0.1) is 0 Å². The van der Waals surface area contributed by atoms with E-state index in [0.717, 1.165) is 65.8 Å². The molecule has 2 aliphatic rings. The van der Waals surface area contributed by atoms with Gasteiger partial charge in [0, 0.05) is 17.5 Å². The van der Waals surface area contributed by atoms with Crippen molar-refractivity contribution in [1.29, 1.82) is 0 Å². The Balaban J connectivity index is 2.02. The molecule has 148 valence electrons. The monoisotopic (exact) mass is 397 g/mol. The van der Waals surface area contributed by atoms with Crippen LogP contribution in [0.3, 0.4) is 0 Å². The molecule has 0 atom stereocenters. The van der Waals surface area contributed by atoms with Crippen LogP contribution in [0.4, 0.5) is 0 Å². The molecule has 0 amide bonds. The van der Waals surface area contributed by atoms with Crippen LogP contribution in [-0.4, -0.2) is 35.5 Å². The van der Waals surface area contributed by atoms with Crippen molar-refractivity contribution in [3.63, 3.8) is 0 Å². The van der Waals surface area contributed by atoms with Crippen LogP contribution in [0.5, 0.6) is 5.75 Å². The number of nitrogens with one attached hydrogen (secondary N) is 1. The number of fused-ring (bicyclic) bond motifs is 4. The average Bonchev–Trinajstić information content (AvgIpc) is 2.71. The first kappa shape index (κ1) is 19.3. The van der Waals surface area contributed by atoms with Gasteiger partial charge in [-0.15, -0.1) is 6.58 Å². The van der Waals surface area contributed by atoms with Crippen LogP contribution >= 0.6 is 11.8 Å². The molecular weight excluding hydrogens is 370 g/mol. The molecule has 2 heterocycles. The van der Waals surface area contributed by atoms with Gasteiger partial charge in [-0.2, -0.15) is 0 Å². The second-order valence-corrected chi connectivity index (χ2v) is 8.72. The standard InChI is InChI=1S/C22H27N3O2S/c1-4-12-25-20(26)18-19(24-21(25)28-5-2)17-7-6-16(27-3)13-15(17)14-22(18)8-10-23-11-9-22/h4,6-7,13,23H,1,5,8-12,14H2,2-3H3. The Morgan fingerprint density at radius 2 is 2.18 bits per heavy atom. The number of rotatable bonds is 5. The lowest BCUT2D eigenvalue weighted by molar-refractivity contribution is 0.296. The minimum atomic E-state index is -0.164. The number of piperidine rings is 1. The Morgan fingerprint density at radius 3 is 2.86 bits per heavy atom. The van der Waals surface area contributed by atoms with Gasteiger partial charge in [0.2, 0.25) is 0 Å². The van der Waals surface area contributed by atoms with Gasteiger partial charge in [0.25, 0.3) is 5.56 Å². The molecule has 1 fully saturated rings. The lowest BCUT2D eigenvalue weighted by atomic mass is 9.65. The summed E-state index contributed by atoms with van der Waals surface area (Å²) in [5.74, 6) is 1.72. The topological polar surface area (TPSA) is 56.2 Å². The number of hydrogen-bond donors (Lipinski definition) is 1. The van der Waals surface area contributed by atoms with Crippen molar-refractivity contribution in [1.82, 2.24) is 14.9 Å². The van der Waals surface area contributed by atoms with E-state index in [1.807, 2.05) is 6.07 Å². The molecular formula is C22H27N3O2S. The van der Waals surface area contributed by atoms with Crippen LogP contribution in [-0.2, 0) is 18.4 Å². The number of ether oxygens (including phenoxy) is 1. The minimum Gasteiger partial charge on any atom is -0.497 e. The lowest BCUT2D eigenvalue weighted by Crippen LogP contribution is -2.48. The quantitative estimate of drug-likeness (QED) is 0.476. The molecule has 28 heavy (non-hydrogen) atoms. The molecule has 4 rings (SSSR count). The molecule has 1 spiro atoms. The van der Waals surface area contributed by atoms with Gasteiger partial charge in [-0.3, -0.25) is 9.36 Å². The van der Waals surface area contributed by atoms with Crippen molar-refractivity contribution < 1.29 is 4.74 Å². The molecule has 0 bridgehead atoms. The van der Waals surface area contributed by atoms with Gasteiger partial charge in [-0.1, -0.05) is 24.8 Å². The predicted octanol–water partition coefficient (Wildman–Crippen LogP) is 3.39. The largest absolute Gasteiger partial charge is 0.497 e. The van der Waals surface area contributed by atoms with E-state index in [4.69, 9.17) is 9.72 Å². The lowest BCUT2D eigenvalue weighted by Gasteiger charge is -2.42. The molecule has 2 aromatic rings. The third-order valence-corrected chi connectivity index (χ3v) is 6.77. The first-order chi connectivity index (χ1) is 13.6. The molecule has 1 N–H and O–H groups in total. The van der Waals surface area contributed by atoms with Gasteiger partial charge in [0.1, 0.15) is 5.75 Å². The highest BCUT2D eigenvalue weighted by molar-refractivity contribution is 7.99. The highest BCUT2D eigenvalue weighted by Crippen LogP contribution is 2.46. The van der Waals surface area contributed by atoms with Crippen molar-refractivity contribution in [3.8, 4) is 17.0 Å². The summed E-state index contributed by atoms with van der Waals surface area (Å²) in [6, 6.07) is 6.14. The Morgan fingerprint density at radius 1 is 1.39 bits per heavy atom. The molecule has 1 aliphatic heterocycles. The Hall–Kier alpha value is -2.05. The smallest absolute Gasteiger partial charge is 0.258 e. The van der Waals surface area contributed by atoms with E-state index >= 15 is 0 Å². The third kappa shape index (κ3) is 3.08. The van der Waals surface area contributed by atoms with E-state index in [1.165, 1.54) is 5.56 Å². The summed E-state index contributed by atoms with van der Waals surface area (Å²) < 4.78 is 7.27. The number of allylic oxidation sites excluding steroid dienone is 1. The van der Waals surface area contributed by atoms with E-state index in [9.17, 15) is 4.79 Å². The fourth-order valence-corrected chi connectivity index (χ4v) is 5.32. The van der Waals surface area contributed by atoms with Crippen LogP contribution in [0.2, 0.25) is 0 Å². The van der Waals surface area contributed by atoms with Gasteiger partial charge in [-0.05, 0) is 61.9 Å². The van der Waals surface area contributed by atoms with Crippen LogP contribution in [0.1, 0.15) is 30.9 Å². The zero-order chi connectivity index (χ0) is 19.7. The summed E-state index contributed by atoms with van der Waals surface area (Å²) in [7, 11) is 1.70. The summed E-state index contributed by atoms with van der Waals surface area (Å²) in [6.45, 7) is 8.27. The van der Waals surface area contributed by atoms with E-state index < -0.39 is 0 Å². The zero-order valence-corrected chi connectivity index (χ0v) is 17.4. The van der Waals surface area contributed by atoms with Crippen molar-refractivity contribution in [2.24, 2.45) is 0 Å². The molecule has 0 unspecified atom stereocenters. The Kier molecular flexibility index (Phi) is 5.34. The maximum Gasteiger partial charge on any atom is 0.258 e. The van der Waals surface area contributed by atoms with Gasteiger partial charge < -0.3 is 10.1 Å². The summed E-state index contributed by atoms with van der Waals surface area (Å²) >= 11 is 1.61. The van der Waals surface area contributed by atoms with Crippen molar-refractivity contribution in [3.05, 3.63) is 52.3 Å².